The van der Waals surface area contributed by atoms with Crippen molar-refractivity contribution in [2.75, 3.05) is 0 Å². The molecule has 0 fully saturated rings. The molecule has 0 saturated heterocycles. The molecule has 2 aromatic rings. The highest BCUT2D eigenvalue weighted by Gasteiger charge is 2.11. The highest BCUT2D eigenvalue weighted by molar-refractivity contribution is 7.99. The Morgan fingerprint density at radius 1 is 1.41 bits per heavy atom. The SMILES string of the molecule is Cc1cc(C)c(CN)c(Sc2ncnn2C)n1. The lowest BCUT2D eigenvalue weighted by Gasteiger charge is -2.10. The predicted octanol–water partition coefficient (Wildman–Crippen LogP) is 1.44. The first-order chi connectivity index (χ1) is 8.11. The van der Waals surface area contributed by atoms with E-state index in [9.17, 15) is 0 Å². The third-order valence-corrected chi connectivity index (χ3v) is 3.58. The van der Waals surface area contributed by atoms with Gasteiger partial charge in [-0.25, -0.2) is 14.6 Å². The number of hydrogen-bond acceptors (Lipinski definition) is 5. The van der Waals surface area contributed by atoms with E-state index in [0.29, 0.717) is 6.54 Å². The fraction of sp³-hybridized carbons (Fsp3) is 0.364. The second-order valence-electron chi connectivity index (χ2n) is 3.84. The Kier molecular flexibility index (Phi) is 3.44. The van der Waals surface area contributed by atoms with Crippen LogP contribution in [-0.4, -0.2) is 19.7 Å². The maximum atomic E-state index is 5.77. The van der Waals surface area contributed by atoms with Crippen LogP contribution in [0.2, 0.25) is 0 Å². The van der Waals surface area contributed by atoms with Crippen LogP contribution in [0.5, 0.6) is 0 Å². The van der Waals surface area contributed by atoms with Gasteiger partial charge in [-0.2, -0.15) is 5.10 Å². The predicted molar refractivity (Wildman–Crippen MR) is 66.7 cm³/mol. The summed E-state index contributed by atoms with van der Waals surface area (Å²) in [6, 6.07) is 2.04. The van der Waals surface area contributed by atoms with Gasteiger partial charge < -0.3 is 5.73 Å². The van der Waals surface area contributed by atoms with Crippen LogP contribution in [0.3, 0.4) is 0 Å². The van der Waals surface area contributed by atoms with Crippen LogP contribution in [-0.2, 0) is 13.6 Å². The molecular formula is C11H15N5S. The lowest BCUT2D eigenvalue weighted by Crippen LogP contribution is -2.05. The third-order valence-electron chi connectivity index (χ3n) is 2.50. The van der Waals surface area contributed by atoms with E-state index < -0.39 is 0 Å². The molecule has 0 aliphatic rings. The van der Waals surface area contributed by atoms with Crippen molar-refractivity contribution < 1.29 is 0 Å². The zero-order valence-electron chi connectivity index (χ0n) is 10.1. The molecule has 2 rings (SSSR count). The van der Waals surface area contributed by atoms with Gasteiger partial charge in [-0.1, -0.05) is 0 Å². The molecule has 0 atom stereocenters. The molecule has 0 saturated carbocycles. The average Bonchev–Trinajstić information content (AvgIpc) is 2.64. The Bertz CT molecular complexity index is 535. The first-order valence-corrected chi connectivity index (χ1v) is 6.12. The molecule has 0 aliphatic heterocycles. The van der Waals surface area contributed by atoms with Crippen molar-refractivity contribution in [3.05, 3.63) is 29.2 Å². The van der Waals surface area contributed by atoms with E-state index in [1.54, 1.807) is 4.68 Å². The van der Waals surface area contributed by atoms with Crippen molar-refractivity contribution in [1.82, 2.24) is 19.7 Å². The highest BCUT2D eigenvalue weighted by Crippen LogP contribution is 2.28. The van der Waals surface area contributed by atoms with Gasteiger partial charge >= 0.3 is 0 Å². The van der Waals surface area contributed by atoms with Crippen molar-refractivity contribution in [3.63, 3.8) is 0 Å². The molecule has 0 aliphatic carbocycles. The van der Waals surface area contributed by atoms with Crippen molar-refractivity contribution in [2.45, 2.75) is 30.6 Å². The Labute approximate surface area is 104 Å². The lowest BCUT2D eigenvalue weighted by atomic mass is 10.1. The van der Waals surface area contributed by atoms with Gasteiger partial charge in [0.15, 0.2) is 5.16 Å². The summed E-state index contributed by atoms with van der Waals surface area (Å²) >= 11 is 1.50. The first-order valence-electron chi connectivity index (χ1n) is 5.31. The van der Waals surface area contributed by atoms with Gasteiger partial charge in [0.2, 0.25) is 0 Å². The Morgan fingerprint density at radius 2 is 2.18 bits per heavy atom. The largest absolute Gasteiger partial charge is 0.326 e. The van der Waals surface area contributed by atoms with Crippen LogP contribution in [0.1, 0.15) is 16.8 Å². The van der Waals surface area contributed by atoms with E-state index in [0.717, 1.165) is 21.4 Å². The van der Waals surface area contributed by atoms with Crippen molar-refractivity contribution >= 4 is 11.8 Å². The summed E-state index contributed by atoms with van der Waals surface area (Å²) in [6.07, 6.45) is 1.53. The molecule has 2 aromatic heterocycles. The summed E-state index contributed by atoms with van der Waals surface area (Å²) in [5.74, 6) is 0. The lowest BCUT2D eigenvalue weighted by molar-refractivity contribution is 0.684. The number of nitrogens with two attached hydrogens (primary N) is 1. The summed E-state index contributed by atoms with van der Waals surface area (Å²) in [5.41, 5.74) is 9.01. The average molecular weight is 249 g/mol. The second-order valence-corrected chi connectivity index (χ2v) is 4.79. The summed E-state index contributed by atoms with van der Waals surface area (Å²) in [4.78, 5) is 8.70. The third kappa shape index (κ3) is 2.48. The molecule has 6 heteroatoms. The molecule has 0 bridgehead atoms. The molecule has 2 N–H and O–H groups in total. The standard InChI is InChI=1S/C11H15N5S/c1-7-4-8(2)15-10(9(7)5-12)17-11-13-6-14-16(11)3/h4,6H,5,12H2,1-3H3. The number of pyridine rings is 1. The van der Waals surface area contributed by atoms with Crippen LogP contribution in [0, 0.1) is 13.8 Å². The maximum absolute atomic E-state index is 5.77. The minimum Gasteiger partial charge on any atom is -0.326 e. The molecule has 0 amide bonds. The van der Waals surface area contributed by atoms with Gasteiger partial charge in [0, 0.05) is 24.8 Å². The Morgan fingerprint density at radius 3 is 2.76 bits per heavy atom. The number of rotatable bonds is 3. The van der Waals surface area contributed by atoms with E-state index in [2.05, 4.69) is 22.0 Å². The van der Waals surface area contributed by atoms with Crippen LogP contribution >= 0.6 is 11.8 Å². The van der Waals surface area contributed by atoms with E-state index in [-0.39, 0.29) is 0 Å². The van der Waals surface area contributed by atoms with Crippen molar-refractivity contribution in [2.24, 2.45) is 12.8 Å². The maximum Gasteiger partial charge on any atom is 0.192 e. The van der Waals surface area contributed by atoms with Gasteiger partial charge in [0.25, 0.3) is 0 Å². The topological polar surface area (TPSA) is 69.6 Å². The molecule has 0 spiro atoms. The van der Waals surface area contributed by atoms with Gasteiger partial charge in [0.1, 0.15) is 11.4 Å². The minimum atomic E-state index is 0.485. The number of aryl methyl sites for hydroxylation is 3. The van der Waals surface area contributed by atoms with Crippen molar-refractivity contribution in [3.8, 4) is 0 Å². The Hall–Kier alpha value is -1.40. The van der Waals surface area contributed by atoms with Gasteiger partial charge in [-0.05, 0) is 37.2 Å². The number of aromatic nitrogens is 4. The fourth-order valence-corrected chi connectivity index (χ4v) is 2.64. The van der Waals surface area contributed by atoms with E-state index in [1.807, 2.05) is 20.0 Å². The minimum absolute atomic E-state index is 0.485. The summed E-state index contributed by atoms with van der Waals surface area (Å²) in [7, 11) is 1.86. The molecule has 90 valence electrons. The molecule has 17 heavy (non-hydrogen) atoms. The summed E-state index contributed by atoms with van der Waals surface area (Å²) in [5, 5.41) is 5.77. The molecule has 5 nitrogen and oxygen atoms in total. The molecular weight excluding hydrogens is 234 g/mol. The number of nitrogens with zero attached hydrogens (tertiary/aromatic N) is 4. The molecule has 0 aromatic carbocycles. The second kappa shape index (κ2) is 4.85. The van der Waals surface area contributed by atoms with Crippen LogP contribution in [0.25, 0.3) is 0 Å². The molecule has 2 heterocycles. The quantitative estimate of drug-likeness (QED) is 0.891. The summed E-state index contributed by atoms with van der Waals surface area (Å²) < 4.78 is 1.73. The Balaban J connectivity index is 2.41. The zero-order valence-corrected chi connectivity index (χ0v) is 11.0. The molecule has 0 unspecified atom stereocenters. The van der Waals surface area contributed by atoms with E-state index in [1.165, 1.54) is 23.7 Å². The van der Waals surface area contributed by atoms with Crippen LogP contribution in [0.4, 0.5) is 0 Å². The fourth-order valence-electron chi connectivity index (χ4n) is 1.63. The zero-order chi connectivity index (χ0) is 12.4. The van der Waals surface area contributed by atoms with Crippen LogP contribution in [0.15, 0.2) is 22.6 Å². The van der Waals surface area contributed by atoms with Crippen molar-refractivity contribution in [1.29, 1.82) is 0 Å². The molecule has 0 radical (unpaired) electrons. The van der Waals surface area contributed by atoms with Gasteiger partial charge in [-0.3, -0.25) is 0 Å². The van der Waals surface area contributed by atoms with E-state index >= 15 is 0 Å². The highest BCUT2D eigenvalue weighted by atomic mass is 32.2. The monoisotopic (exact) mass is 249 g/mol. The van der Waals surface area contributed by atoms with E-state index in [4.69, 9.17) is 5.73 Å². The normalized spacial score (nSPS) is 10.8. The van der Waals surface area contributed by atoms with Crippen LogP contribution < -0.4 is 5.73 Å². The van der Waals surface area contributed by atoms with Gasteiger partial charge in [-0.15, -0.1) is 0 Å². The first kappa shape index (κ1) is 12.1. The van der Waals surface area contributed by atoms with Gasteiger partial charge in [0.05, 0.1) is 0 Å². The number of hydrogen-bond donors (Lipinski definition) is 1. The smallest absolute Gasteiger partial charge is 0.192 e. The summed E-state index contributed by atoms with van der Waals surface area (Å²) in [6.45, 7) is 4.52.